The molecule has 0 bridgehead atoms. The molecule has 1 saturated heterocycles. The standard InChI is InChI=1S/C15H20N6O2/c1-12(21-7-3-5-17-21)14(22)19-8-10-20(11-9-19)15-16-6-4-13(18-15)23-2/h3-7,12H,8-11H2,1-2H3/t12-/m0/s1. The Morgan fingerprint density at radius 2 is 2.04 bits per heavy atom. The Kier molecular flexibility index (Phi) is 4.40. The Hall–Kier alpha value is -2.64. The Balaban J connectivity index is 1.60. The highest BCUT2D eigenvalue weighted by atomic mass is 16.5. The molecule has 0 aliphatic carbocycles. The van der Waals surface area contributed by atoms with E-state index in [1.165, 1.54) is 0 Å². The molecule has 0 radical (unpaired) electrons. The van der Waals surface area contributed by atoms with Crippen molar-refractivity contribution in [3.05, 3.63) is 30.7 Å². The molecule has 23 heavy (non-hydrogen) atoms. The molecule has 0 spiro atoms. The van der Waals surface area contributed by atoms with E-state index in [1.807, 2.05) is 24.1 Å². The molecule has 0 aromatic carbocycles. The minimum absolute atomic E-state index is 0.0833. The van der Waals surface area contributed by atoms with Crippen molar-refractivity contribution in [2.24, 2.45) is 0 Å². The quantitative estimate of drug-likeness (QED) is 0.822. The third kappa shape index (κ3) is 3.25. The number of carbonyl (C=O) groups excluding carboxylic acids is 1. The number of hydrogen-bond donors (Lipinski definition) is 0. The number of nitrogens with zero attached hydrogens (tertiary/aromatic N) is 6. The zero-order valence-electron chi connectivity index (χ0n) is 13.3. The molecule has 8 nitrogen and oxygen atoms in total. The first-order valence-electron chi connectivity index (χ1n) is 7.59. The number of anilines is 1. The highest BCUT2D eigenvalue weighted by Crippen LogP contribution is 2.16. The van der Waals surface area contributed by atoms with Gasteiger partial charge in [-0.05, 0) is 13.0 Å². The van der Waals surface area contributed by atoms with Gasteiger partial charge in [-0.25, -0.2) is 4.98 Å². The lowest BCUT2D eigenvalue weighted by atomic mass is 10.2. The molecule has 1 aliphatic rings. The average molecular weight is 316 g/mol. The van der Waals surface area contributed by atoms with E-state index in [0.717, 1.165) is 0 Å². The van der Waals surface area contributed by atoms with Crippen LogP contribution in [-0.4, -0.2) is 63.8 Å². The Bertz CT molecular complexity index is 652. The maximum Gasteiger partial charge on any atom is 0.247 e. The van der Waals surface area contributed by atoms with E-state index in [1.54, 1.807) is 30.3 Å². The van der Waals surface area contributed by atoms with Gasteiger partial charge < -0.3 is 14.5 Å². The topological polar surface area (TPSA) is 76.4 Å². The fraction of sp³-hybridized carbons (Fsp3) is 0.467. The predicted molar refractivity (Wildman–Crippen MR) is 84.3 cm³/mol. The van der Waals surface area contributed by atoms with Crippen LogP contribution in [0.1, 0.15) is 13.0 Å². The molecular weight excluding hydrogens is 296 g/mol. The van der Waals surface area contributed by atoms with Gasteiger partial charge >= 0.3 is 0 Å². The summed E-state index contributed by atoms with van der Waals surface area (Å²) in [5.41, 5.74) is 0. The number of ether oxygens (including phenoxy) is 1. The van der Waals surface area contributed by atoms with Gasteiger partial charge in [-0.15, -0.1) is 0 Å². The van der Waals surface area contributed by atoms with Crippen LogP contribution < -0.4 is 9.64 Å². The second-order valence-electron chi connectivity index (χ2n) is 5.37. The van der Waals surface area contributed by atoms with Crippen LogP contribution in [0.2, 0.25) is 0 Å². The van der Waals surface area contributed by atoms with E-state index in [9.17, 15) is 4.79 Å². The molecule has 1 aliphatic heterocycles. The molecule has 2 aromatic rings. The van der Waals surface area contributed by atoms with Gasteiger partial charge in [-0.2, -0.15) is 10.1 Å². The Morgan fingerprint density at radius 3 is 2.70 bits per heavy atom. The molecule has 0 saturated carbocycles. The van der Waals surface area contributed by atoms with Gasteiger partial charge in [0.15, 0.2) is 0 Å². The van der Waals surface area contributed by atoms with Gasteiger partial charge in [0.2, 0.25) is 17.7 Å². The van der Waals surface area contributed by atoms with Crippen LogP contribution in [-0.2, 0) is 4.79 Å². The molecule has 1 fully saturated rings. The summed E-state index contributed by atoms with van der Waals surface area (Å²) < 4.78 is 6.81. The van der Waals surface area contributed by atoms with Gasteiger partial charge in [0.25, 0.3) is 0 Å². The summed E-state index contributed by atoms with van der Waals surface area (Å²) in [7, 11) is 1.58. The van der Waals surface area contributed by atoms with Gasteiger partial charge in [0, 0.05) is 50.8 Å². The van der Waals surface area contributed by atoms with E-state index >= 15 is 0 Å². The minimum atomic E-state index is -0.287. The summed E-state index contributed by atoms with van der Waals surface area (Å²) in [6.45, 7) is 4.55. The first-order chi connectivity index (χ1) is 11.2. The Morgan fingerprint density at radius 1 is 1.26 bits per heavy atom. The zero-order chi connectivity index (χ0) is 16.2. The maximum absolute atomic E-state index is 12.5. The number of piperazine rings is 1. The second kappa shape index (κ2) is 6.64. The normalized spacial score (nSPS) is 16.3. The molecule has 2 aromatic heterocycles. The van der Waals surface area contributed by atoms with Gasteiger partial charge in [0.05, 0.1) is 7.11 Å². The van der Waals surface area contributed by atoms with Gasteiger partial charge in [-0.1, -0.05) is 0 Å². The van der Waals surface area contributed by atoms with Crippen molar-refractivity contribution >= 4 is 11.9 Å². The van der Waals surface area contributed by atoms with E-state index < -0.39 is 0 Å². The van der Waals surface area contributed by atoms with Crippen molar-refractivity contribution in [2.75, 3.05) is 38.2 Å². The van der Waals surface area contributed by atoms with E-state index in [-0.39, 0.29) is 11.9 Å². The predicted octanol–water partition coefficient (Wildman–Crippen LogP) is 0.591. The molecule has 122 valence electrons. The van der Waals surface area contributed by atoms with Crippen molar-refractivity contribution in [1.82, 2.24) is 24.6 Å². The van der Waals surface area contributed by atoms with Crippen molar-refractivity contribution in [3.63, 3.8) is 0 Å². The van der Waals surface area contributed by atoms with E-state index in [4.69, 9.17) is 4.74 Å². The lowest BCUT2D eigenvalue weighted by Gasteiger charge is -2.35. The number of rotatable bonds is 4. The van der Waals surface area contributed by atoms with Crippen molar-refractivity contribution in [1.29, 1.82) is 0 Å². The fourth-order valence-corrected chi connectivity index (χ4v) is 2.61. The average Bonchev–Trinajstić information content (AvgIpc) is 3.15. The van der Waals surface area contributed by atoms with Crippen LogP contribution in [0.5, 0.6) is 5.88 Å². The maximum atomic E-state index is 12.5. The number of hydrogen-bond acceptors (Lipinski definition) is 6. The van der Waals surface area contributed by atoms with Crippen molar-refractivity contribution < 1.29 is 9.53 Å². The third-order valence-electron chi connectivity index (χ3n) is 3.98. The van der Waals surface area contributed by atoms with Crippen molar-refractivity contribution in [2.45, 2.75) is 13.0 Å². The highest BCUT2D eigenvalue weighted by Gasteiger charge is 2.26. The molecule has 1 amide bonds. The first kappa shape index (κ1) is 15.3. The summed E-state index contributed by atoms with van der Waals surface area (Å²) >= 11 is 0. The molecule has 3 heterocycles. The van der Waals surface area contributed by atoms with Crippen LogP contribution >= 0.6 is 0 Å². The number of aromatic nitrogens is 4. The number of methoxy groups -OCH3 is 1. The SMILES string of the molecule is COc1ccnc(N2CCN(C(=O)[C@H](C)n3cccn3)CC2)n1. The van der Waals surface area contributed by atoms with E-state index in [2.05, 4.69) is 20.0 Å². The van der Waals surface area contributed by atoms with Gasteiger partial charge in [-0.3, -0.25) is 9.48 Å². The summed E-state index contributed by atoms with van der Waals surface area (Å²) in [5.74, 6) is 1.26. The highest BCUT2D eigenvalue weighted by molar-refractivity contribution is 5.80. The van der Waals surface area contributed by atoms with Gasteiger partial charge in [0.1, 0.15) is 6.04 Å². The molecule has 1 atom stereocenters. The smallest absolute Gasteiger partial charge is 0.247 e. The van der Waals surface area contributed by atoms with E-state index in [0.29, 0.717) is 38.0 Å². The monoisotopic (exact) mass is 316 g/mol. The van der Waals surface area contributed by atoms with Crippen LogP contribution in [0.3, 0.4) is 0 Å². The summed E-state index contributed by atoms with van der Waals surface area (Å²) in [6.07, 6.45) is 5.17. The Labute approximate surface area is 134 Å². The summed E-state index contributed by atoms with van der Waals surface area (Å²) in [4.78, 5) is 25.1. The second-order valence-corrected chi connectivity index (χ2v) is 5.37. The molecular formula is C15H20N6O2. The lowest BCUT2D eigenvalue weighted by molar-refractivity contribution is -0.134. The summed E-state index contributed by atoms with van der Waals surface area (Å²) in [6, 6.07) is 3.25. The van der Waals surface area contributed by atoms with Crippen molar-refractivity contribution in [3.8, 4) is 5.88 Å². The summed E-state index contributed by atoms with van der Waals surface area (Å²) in [5, 5.41) is 4.14. The number of carbonyl (C=O) groups is 1. The molecule has 3 rings (SSSR count). The fourth-order valence-electron chi connectivity index (χ4n) is 2.61. The minimum Gasteiger partial charge on any atom is -0.481 e. The largest absolute Gasteiger partial charge is 0.481 e. The van der Waals surface area contributed by atoms with Crippen LogP contribution in [0.15, 0.2) is 30.7 Å². The van der Waals surface area contributed by atoms with Crippen LogP contribution in [0.25, 0.3) is 0 Å². The lowest BCUT2D eigenvalue weighted by Crippen LogP contribution is -2.50. The molecule has 0 N–H and O–H groups in total. The first-order valence-corrected chi connectivity index (χ1v) is 7.59. The molecule has 8 heteroatoms. The zero-order valence-corrected chi connectivity index (χ0v) is 13.3. The number of amides is 1. The van der Waals surface area contributed by atoms with Crippen LogP contribution in [0, 0.1) is 0 Å². The van der Waals surface area contributed by atoms with Crippen LogP contribution in [0.4, 0.5) is 5.95 Å². The molecule has 0 unspecified atom stereocenters. The third-order valence-corrected chi connectivity index (χ3v) is 3.98.